The Morgan fingerprint density at radius 3 is 2.50 bits per heavy atom. The van der Waals surface area contributed by atoms with Gasteiger partial charge in [0, 0.05) is 31.4 Å². The van der Waals surface area contributed by atoms with Crippen LogP contribution >= 0.6 is 0 Å². The lowest BCUT2D eigenvalue weighted by atomic mass is 9.74. The zero-order valence-electron chi connectivity index (χ0n) is 14.2. The number of amides is 2. The summed E-state index contributed by atoms with van der Waals surface area (Å²) in [6.45, 7) is 1.38. The number of anilines is 1. The van der Waals surface area contributed by atoms with Crippen molar-refractivity contribution >= 4 is 17.5 Å². The molecule has 1 aliphatic heterocycles. The van der Waals surface area contributed by atoms with Gasteiger partial charge in [-0.1, -0.05) is 12.1 Å². The number of rotatable bonds is 4. The maximum absolute atomic E-state index is 13.3. The Balaban J connectivity index is 1.66. The second-order valence-corrected chi connectivity index (χ2v) is 6.28. The number of hydrogen-bond acceptors (Lipinski definition) is 4. The van der Waals surface area contributed by atoms with E-state index in [9.17, 15) is 14.0 Å². The van der Waals surface area contributed by atoms with Gasteiger partial charge in [-0.2, -0.15) is 0 Å². The minimum Gasteiger partial charge on any atom is -0.381 e. The Kier molecular flexibility index (Phi) is 5.58. The molecule has 2 heterocycles. The Bertz CT molecular complexity index is 759. The molecular weight excluding hydrogens is 337 g/mol. The number of aromatic nitrogens is 1. The van der Waals surface area contributed by atoms with Gasteiger partial charge in [0.1, 0.15) is 5.82 Å². The molecule has 26 heavy (non-hydrogen) atoms. The molecule has 0 unspecified atom stereocenters. The molecule has 6 nitrogen and oxygen atoms in total. The summed E-state index contributed by atoms with van der Waals surface area (Å²) >= 11 is 0. The molecule has 1 saturated heterocycles. The molecule has 1 aromatic carbocycles. The van der Waals surface area contributed by atoms with Gasteiger partial charge in [-0.3, -0.25) is 14.6 Å². The average molecular weight is 357 g/mol. The number of carbonyl (C=O) groups is 2. The van der Waals surface area contributed by atoms with E-state index in [-0.39, 0.29) is 17.8 Å². The van der Waals surface area contributed by atoms with Crippen molar-refractivity contribution in [3.8, 4) is 0 Å². The van der Waals surface area contributed by atoms with Gasteiger partial charge in [0.25, 0.3) is 0 Å². The molecule has 136 valence electrons. The maximum Gasteiger partial charge on any atom is 0.313 e. The van der Waals surface area contributed by atoms with Gasteiger partial charge in [0.15, 0.2) is 0 Å². The van der Waals surface area contributed by atoms with Crippen molar-refractivity contribution < 1.29 is 18.7 Å². The Labute approximate surface area is 150 Å². The molecule has 1 aliphatic rings. The smallest absolute Gasteiger partial charge is 0.313 e. The van der Waals surface area contributed by atoms with Crippen LogP contribution in [0.4, 0.5) is 10.1 Å². The van der Waals surface area contributed by atoms with E-state index in [2.05, 4.69) is 15.6 Å². The third-order valence-electron chi connectivity index (χ3n) is 4.62. The topological polar surface area (TPSA) is 80.3 Å². The highest BCUT2D eigenvalue weighted by Gasteiger charge is 2.35. The van der Waals surface area contributed by atoms with Crippen molar-refractivity contribution in [2.75, 3.05) is 25.1 Å². The lowest BCUT2D eigenvalue weighted by Crippen LogP contribution is -2.47. The molecule has 7 heteroatoms. The van der Waals surface area contributed by atoms with Gasteiger partial charge in [-0.15, -0.1) is 0 Å². The standard InChI is InChI=1S/C19H20FN3O3/c20-15-5-3-14(4-6-15)19(7-10-26-11-8-19)13-22-17(24)18(25)23-16-2-1-9-21-12-16/h1-6,9,12H,7-8,10-11,13H2,(H,22,24)(H,23,25). The highest BCUT2D eigenvalue weighted by molar-refractivity contribution is 6.39. The van der Waals surface area contributed by atoms with Crippen molar-refractivity contribution in [1.82, 2.24) is 10.3 Å². The largest absolute Gasteiger partial charge is 0.381 e. The van der Waals surface area contributed by atoms with Gasteiger partial charge < -0.3 is 15.4 Å². The van der Waals surface area contributed by atoms with Crippen LogP contribution in [0, 0.1) is 5.82 Å². The van der Waals surface area contributed by atoms with Gasteiger partial charge >= 0.3 is 11.8 Å². The minimum absolute atomic E-state index is 0.279. The number of nitrogens with one attached hydrogen (secondary N) is 2. The summed E-state index contributed by atoms with van der Waals surface area (Å²) in [5.74, 6) is -1.78. The Morgan fingerprint density at radius 1 is 1.12 bits per heavy atom. The molecule has 2 amide bonds. The van der Waals surface area contributed by atoms with Gasteiger partial charge in [0.2, 0.25) is 0 Å². The van der Waals surface area contributed by atoms with Crippen molar-refractivity contribution in [3.63, 3.8) is 0 Å². The summed E-state index contributed by atoms with van der Waals surface area (Å²) in [7, 11) is 0. The molecule has 0 bridgehead atoms. The van der Waals surface area contributed by atoms with Crippen LogP contribution < -0.4 is 10.6 Å². The molecule has 0 saturated carbocycles. The molecule has 2 aromatic rings. The van der Waals surface area contributed by atoms with E-state index in [0.717, 1.165) is 5.56 Å². The molecule has 0 spiro atoms. The zero-order chi connectivity index (χ0) is 18.4. The fraction of sp³-hybridized carbons (Fsp3) is 0.316. The predicted octanol–water partition coefficient (Wildman–Crippen LogP) is 2.02. The Hall–Kier alpha value is -2.80. The van der Waals surface area contributed by atoms with Crippen LogP contribution in [0.1, 0.15) is 18.4 Å². The van der Waals surface area contributed by atoms with Crippen LogP contribution in [-0.4, -0.2) is 36.6 Å². The van der Waals surface area contributed by atoms with Gasteiger partial charge in [0.05, 0.1) is 11.9 Å². The van der Waals surface area contributed by atoms with Crippen molar-refractivity contribution in [1.29, 1.82) is 0 Å². The van der Waals surface area contributed by atoms with E-state index >= 15 is 0 Å². The van der Waals surface area contributed by atoms with E-state index in [1.807, 2.05) is 0 Å². The molecule has 0 aliphatic carbocycles. The molecule has 0 radical (unpaired) electrons. The number of halogens is 1. The van der Waals surface area contributed by atoms with Gasteiger partial charge in [-0.25, -0.2) is 4.39 Å². The molecular formula is C19H20FN3O3. The minimum atomic E-state index is -0.751. The summed E-state index contributed by atoms with van der Waals surface area (Å²) in [5.41, 5.74) is 0.998. The van der Waals surface area contributed by atoms with Crippen molar-refractivity contribution in [2.45, 2.75) is 18.3 Å². The first-order valence-electron chi connectivity index (χ1n) is 8.42. The second kappa shape index (κ2) is 8.05. The first kappa shape index (κ1) is 18.0. The van der Waals surface area contributed by atoms with Crippen LogP contribution in [0.25, 0.3) is 0 Å². The Morgan fingerprint density at radius 2 is 1.85 bits per heavy atom. The molecule has 1 aromatic heterocycles. The third-order valence-corrected chi connectivity index (χ3v) is 4.62. The summed E-state index contributed by atoms with van der Waals surface area (Å²) in [6, 6.07) is 9.58. The fourth-order valence-electron chi connectivity index (χ4n) is 3.09. The maximum atomic E-state index is 13.3. The fourth-order valence-corrected chi connectivity index (χ4v) is 3.09. The van der Waals surface area contributed by atoms with E-state index in [1.54, 1.807) is 30.5 Å². The predicted molar refractivity (Wildman–Crippen MR) is 94.0 cm³/mol. The lowest BCUT2D eigenvalue weighted by molar-refractivity contribution is -0.136. The SMILES string of the molecule is O=C(NCC1(c2ccc(F)cc2)CCOCC1)C(=O)Nc1cccnc1. The van der Waals surface area contributed by atoms with E-state index in [4.69, 9.17) is 4.74 Å². The summed E-state index contributed by atoms with van der Waals surface area (Å²) in [4.78, 5) is 28.1. The molecule has 2 N–H and O–H groups in total. The monoisotopic (exact) mass is 357 g/mol. The quantitative estimate of drug-likeness (QED) is 0.821. The van der Waals surface area contributed by atoms with Crippen LogP contribution in [0.2, 0.25) is 0 Å². The van der Waals surface area contributed by atoms with E-state index in [1.165, 1.54) is 18.3 Å². The highest BCUT2D eigenvalue weighted by Crippen LogP contribution is 2.34. The molecule has 1 fully saturated rings. The average Bonchev–Trinajstić information content (AvgIpc) is 2.68. The first-order valence-corrected chi connectivity index (χ1v) is 8.42. The first-order chi connectivity index (χ1) is 12.6. The number of carbonyl (C=O) groups excluding carboxylic acids is 2. The molecule has 0 atom stereocenters. The number of pyridine rings is 1. The normalized spacial score (nSPS) is 15.9. The van der Waals surface area contributed by atoms with Crippen molar-refractivity contribution in [2.24, 2.45) is 0 Å². The number of benzene rings is 1. The third kappa shape index (κ3) is 4.23. The van der Waals surface area contributed by atoms with Crippen LogP contribution in [0.5, 0.6) is 0 Å². The van der Waals surface area contributed by atoms with E-state index in [0.29, 0.717) is 31.7 Å². The summed E-state index contributed by atoms with van der Waals surface area (Å²) < 4.78 is 18.7. The number of hydrogen-bond donors (Lipinski definition) is 2. The van der Waals surface area contributed by atoms with Crippen LogP contribution in [-0.2, 0) is 19.7 Å². The van der Waals surface area contributed by atoms with Gasteiger partial charge in [-0.05, 0) is 42.7 Å². The highest BCUT2D eigenvalue weighted by atomic mass is 19.1. The molecule has 3 rings (SSSR count). The summed E-state index contributed by atoms with van der Waals surface area (Å²) in [5, 5.41) is 5.21. The number of nitrogens with zero attached hydrogens (tertiary/aromatic N) is 1. The second-order valence-electron chi connectivity index (χ2n) is 6.28. The number of ether oxygens (including phenoxy) is 1. The van der Waals surface area contributed by atoms with Crippen LogP contribution in [0.15, 0.2) is 48.8 Å². The van der Waals surface area contributed by atoms with E-state index < -0.39 is 11.8 Å². The zero-order valence-corrected chi connectivity index (χ0v) is 14.2. The lowest BCUT2D eigenvalue weighted by Gasteiger charge is -2.37. The van der Waals surface area contributed by atoms with Crippen LogP contribution in [0.3, 0.4) is 0 Å². The van der Waals surface area contributed by atoms with Crippen molar-refractivity contribution in [3.05, 3.63) is 60.2 Å². The summed E-state index contributed by atoms with van der Waals surface area (Å²) in [6.07, 6.45) is 4.41.